The molecule has 0 aliphatic carbocycles. The Morgan fingerprint density at radius 2 is 2.11 bits per heavy atom. The number of nitrogens with one attached hydrogen (secondary N) is 1. The van der Waals surface area contributed by atoms with Crippen LogP contribution in [0.2, 0.25) is 0 Å². The van der Waals surface area contributed by atoms with Crippen molar-refractivity contribution in [2.24, 2.45) is 5.73 Å². The smallest absolute Gasteiger partial charge is 0.412 e. The minimum atomic E-state index is -0.669. The lowest BCUT2D eigenvalue weighted by molar-refractivity contribution is 0.0635. The van der Waals surface area contributed by atoms with E-state index in [4.69, 9.17) is 15.6 Å². The fourth-order valence-corrected chi connectivity index (χ4v) is 1.40. The van der Waals surface area contributed by atoms with Gasteiger partial charge >= 0.3 is 6.09 Å². The summed E-state index contributed by atoms with van der Waals surface area (Å²) in [7, 11) is 0. The van der Waals surface area contributed by atoms with Crippen molar-refractivity contribution in [2.75, 3.05) is 11.9 Å². The third-order valence-electron chi connectivity index (χ3n) is 2.28. The molecule has 1 aromatic carbocycles. The number of phenols is 1. The van der Waals surface area contributed by atoms with Crippen LogP contribution >= 0.6 is 0 Å². The van der Waals surface area contributed by atoms with Gasteiger partial charge in [-0.1, -0.05) is 6.07 Å². The Hall–Kier alpha value is -1.79. The van der Waals surface area contributed by atoms with Crippen LogP contribution in [0.3, 0.4) is 0 Å². The maximum Gasteiger partial charge on any atom is 0.412 e. The number of nitrogens with two attached hydrogens (primary N) is 1. The Morgan fingerprint density at radius 1 is 1.47 bits per heavy atom. The molecule has 1 rings (SSSR count). The van der Waals surface area contributed by atoms with E-state index in [1.807, 2.05) is 0 Å². The topological polar surface area (TPSA) is 105 Å². The summed E-state index contributed by atoms with van der Waals surface area (Å²) in [6.45, 7) is 5.00. The fourth-order valence-electron chi connectivity index (χ4n) is 1.40. The Labute approximate surface area is 112 Å². The average Bonchev–Trinajstić information content (AvgIpc) is 2.28. The van der Waals surface area contributed by atoms with Crippen molar-refractivity contribution in [1.29, 1.82) is 0 Å². The molecule has 0 heterocycles. The second-order valence-electron chi connectivity index (χ2n) is 5.19. The number of carbonyl (C=O) groups is 1. The number of hydrogen-bond donors (Lipinski definition) is 4. The molecule has 106 valence electrons. The first-order valence-electron chi connectivity index (χ1n) is 5.92. The van der Waals surface area contributed by atoms with Crippen LogP contribution in [0.5, 0.6) is 5.75 Å². The Kier molecular flexibility index (Phi) is 4.74. The summed E-state index contributed by atoms with van der Waals surface area (Å²) in [5, 5.41) is 21.1. The van der Waals surface area contributed by atoms with Gasteiger partial charge in [0.25, 0.3) is 0 Å². The van der Waals surface area contributed by atoms with E-state index in [1.54, 1.807) is 26.8 Å². The zero-order chi connectivity index (χ0) is 14.6. The van der Waals surface area contributed by atoms with Crippen molar-refractivity contribution in [2.45, 2.75) is 32.4 Å². The van der Waals surface area contributed by atoms with Crippen LogP contribution in [0.4, 0.5) is 10.5 Å². The van der Waals surface area contributed by atoms with E-state index in [9.17, 15) is 9.90 Å². The van der Waals surface area contributed by atoms with E-state index in [0.29, 0.717) is 5.56 Å². The molecule has 19 heavy (non-hydrogen) atoms. The lowest BCUT2D eigenvalue weighted by atomic mass is 10.1. The second kappa shape index (κ2) is 5.90. The van der Waals surface area contributed by atoms with Gasteiger partial charge in [-0.25, -0.2) is 4.79 Å². The largest absolute Gasteiger partial charge is 0.506 e. The van der Waals surface area contributed by atoms with E-state index in [-0.39, 0.29) is 18.0 Å². The molecule has 0 aliphatic rings. The summed E-state index contributed by atoms with van der Waals surface area (Å²) in [5.74, 6) is -0.0975. The van der Waals surface area contributed by atoms with Crippen LogP contribution in [-0.2, 0) is 4.74 Å². The van der Waals surface area contributed by atoms with Crippen molar-refractivity contribution < 1.29 is 19.7 Å². The van der Waals surface area contributed by atoms with Gasteiger partial charge in [-0.15, -0.1) is 0 Å². The molecule has 0 saturated heterocycles. The SMILES string of the molecule is CC(C)(C)OC(=O)Nc1cc(C(N)CO)ccc1O. The molecule has 1 unspecified atom stereocenters. The molecule has 1 atom stereocenters. The van der Waals surface area contributed by atoms with E-state index < -0.39 is 17.7 Å². The number of aliphatic hydroxyl groups excluding tert-OH is 1. The normalized spacial score (nSPS) is 12.9. The summed E-state index contributed by atoms with van der Waals surface area (Å²) in [4.78, 5) is 11.6. The first kappa shape index (κ1) is 15.3. The highest BCUT2D eigenvalue weighted by atomic mass is 16.6. The summed E-state index contributed by atoms with van der Waals surface area (Å²) in [5.41, 5.74) is 5.84. The number of amides is 1. The van der Waals surface area contributed by atoms with Gasteiger partial charge < -0.3 is 20.7 Å². The predicted molar refractivity (Wildman–Crippen MR) is 72.0 cm³/mol. The first-order chi connectivity index (χ1) is 8.73. The highest BCUT2D eigenvalue weighted by Gasteiger charge is 2.17. The number of ether oxygens (including phenoxy) is 1. The average molecular weight is 268 g/mol. The van der Waals surface area contributed by atoms with Gasteiger partial charge in [-0.3, -0.25) is 5.32 Å². The van der Waals surface area contributed by atoms with Crippen LogP contribution in [0.15, 0.2) is 18.2 Å². The van der Waals surface area contributed by atoms with Gasteiger partial charge in [0.15, 0.2) is 0 Å². The maximum atomic E-state index is 11.6. The number of carbonyl (C=O) groups excluding carboxylic acids is 1. The van der Waals surface area contributed by atoms with Gasteiger partial charge in [0, 0.05) is 0 Å². The molecule has 0 fully saturated rings. The van der Waals surface area contributed by atoms with Crippen LogP contribution in [0.25, 0.3) is 0 Å². The molecular formula is C13H20N2O4. The van der Waals surface area contributed by atoms with Gasteiger partial charge in [0.1, 0.15) is 11.4 Å². The number of anilines is 1. The van der Waals surface area contributed by atoms with Crippen molar-refractivity contribution >= 4 is 11.8 Å². The second-order valence-corrected chi connectivity index (χ2v) is 5.19. The van der Waals surface area contributed by atoms with Crippen LogP contribution in [-0.4, -0.2) is 28.5 Å². The van der Waals surface area contributed by atoms with Gasteiger partial charge in [0.05, 0.1) is 18.3 Å². The summed E-state index contributed by atoms with van der Waals surface area (Å²) < 4.78 is 5.08. The van der Waals surface area contributed by atoms with Crippen LogP contribution in [0, 0.1) is 0 Å². The lowest BCUT2D eigenvalue weighted by Crippen LogP contribution is -2.27. The van der Waals surface area contributed by atoms with Gasteiger partial charge in [-0.2, -0.15) is 0 Å². The Bertz CT molecular complexity index is 454. The molecule has 6 heteroatoms. The molecule has 0 radical (unpaired) electrons. The molecule has 0 aromatic heterocycles. The first-order valence-corrected chi connectivity index (χ1v) is 5.92. The van der Waals surface area contributed by atoms with Gasteiger partial charge in [-0.05, 0) is 38.5 Å². The van der Waals surface area contributed by atoms with E-state index in [2.05, 4.69) is 5.32 Å². The van der Waals surface area contributed by atoms with Crippen molar-refractivity contribution in [3.63, 3.8) is 0 Å². The van der Waals surface area contributed by atoms with E-state index >= 15 is 0 Å². The monoisotopic (exact) mass is 268 g/mol. The fraction of sp³-hybridized carbons (Fsp3) is 0.462. The zero-order valence-corrected chi connectivity index (χ0v) is 11.3. The number of rotatable bonds is 3. The van der Waals surface area contributed by atoms with E-state index in [1.165, 1.54) is 12.1 Å². The minimum absolute atomic E-state index is 0.0975. The molecule has 0 aliphatic heterocycles. The highest BCUT2D eigenvalue weighted by molar-refractivity contribution is 5.87. The maximum absolute atomic E-state index is 11.6. The molecule has 0 bridgehead atoms. The number of benzene rings is 1. The standard InChI is InChI=1S/C13H20N2O4/c1-13(2,3)19-12(18)15-10-6-8(9(14)7-16)4-5-11(10)17/h4-6,9,16-17H,7,14H2,1-3H3,(H,15,18). The zero-order valence-electron chi connectivity index (χ0n) is 11.3. The minimum Gasteiger partial charge on any atom is -0.506 e. The van der Waals surface area contributed by atoms with Crippen molar-refractivity contribution in [3.05, 3.63) is 23.8 Å². The third kappa shape index (κ3) is 4.76. The Morgan fingerprint density at radius 3 is 2.63 bits per heavy atom. The lowest BCUT2D eigenvalue weighted by Gasteiger charge is -2.20. The van der Waals surface area contributed by atoms with Crippen molar-refractivity contribution in [1.82, 2.24) is 0 Å². The number of phenolic OH excluding ortho intramolecular Hbond substituents is 1. The summed E-state index contributed by atoms with van der Waals surface area (Å²) >= 11 is 0. The molecule has 5 N–H and O–H groups in total. The number of hydrogen-bond acceptors (Lipinski definition) is 5. The van der Waals surface area contributed by atoms with Crippen LogP contribution in [0.1, 0.15) is 32.4 Å². The molecule has 6 nitrogen and oxygen atoms in total. The molecule has 1 amide bonds. The third-order valence-corrected chi connectivity index (χ3v) is 2.28. The molecular weight excluding hydrogens is 248 g/mol. The number of aromatic hydroxyl groups is 1. The van der Waals surface area contributed by atoms with Crippen molar-refractivity contribution in [3.8, 4) is 5.75 Å². The van der Waals surface area contributed by atoms with E-state index in [0.717, 1.165) is 0 Å². The quantitative estimate of drug-likeness (QED) is 0.625. The number of aliphatic hydroxyl groups is 1. The Balaban J connectivity index is 2.85. The highest BCUT2D eigenvalue weighted by Crippen LogP contribution is 2.27. The summed E-state index contributed by atoms with van der Waals surface area (Å²) in [6.07, 6.45) is -0.669. The predicted octanol–water partition coefficient (Wildman–Crippen LogP) is 1.73. The van der Waals surface area contributed by atoms with Crippen LogP contribution < -0.4 is 11.1 Å². The molecule has 0 spiro atoms. The molecule has 0 saturated carbocycles. The van der Waals surface area contributed by atoms with Gasteiger partial charge in [0.2, 0.25) is 0 Å². The summed E-state index contributed by atoms with van der Waals surface area (Å²) in [6, 6.07) is 3.91. The molecule has 1 aromatic rings.